The first-order valence-electron chi connectivity index (χ1n) is 11.0. The number of aromatic amines is 1. The van der Waals surface area contributed by atoms with E-state index in [1.54, 1.807) is 0 Å². The third-order valence-electron chi connectivity index (χ3n) is 5.03. The maximum atomic E-state index is 13.0. The Labute approximate surface area is 201 Å². The SMILES string of the molecule is CC(O)C(N)C(=O)NC(Cc1cnc[nH]1)C(=O)NC(CC(N)=O)C(=O)NC(CCCCN)C(=O)O. The topological polar surface area (TPSA) is 269 Å². The lowest BCUT2D eigenvalue weighted by molar-refractivity contribution is -0.142. The molecule has 0 aliphatic carbocycles. The molecule has 1 aromatic heterocycles. The second-order valence-corrected chi connectivity index (χ2v) is 8.02. The molecule has 35 heavy (non-hydrogen) atoms. The average Bonchev–Trinajstić information content (AvgIpc) is 3.29. The molecule has 196 valence electrons. The zero-order chi connectivity index (χ0) is 26.5. The highest BCUT2D eigenvalue weighted by Crippen LogP contribution is 2.05. The van der Waals surface area contributed by atoms with Gasteiger partial charge in [0.1, 0.15) is 24.2 Å². The third kappa shape index (κ3) is 10.5. The number of rotatable bonds is 16. The van der Waals surface area contributed by atoms with Crippen LogP contribution in [0.2, 0.25) is 0 Å². The lowest BCUT2D eigenvalue weighted by Gasteiger charge is -2.25. The number of aliphatic hydroxyl groups is 1. The molecule has 0 aliphatic heterocycles. The van der Waals surface area contributed by atoms with Gasteiger partial charge in [0.05, 0.1) is 18.9 Å². The van der Waals surface area contributed by atoms with Crippen molar-refractivity contribution >= 4 is 29.6 Å². The van der Waals surface area contributed by atoms with E-state index in [0.29, 0.717) is 25.1 Å². The maximum absolute atomic E-state index is 13.0. The van der Waals surface area contributed by atoms with Gasteiger partial charge in [-0.2, -0.15) is 0 Å². The average molecular weight is 499 g/mol. The van der Waals surface area contributed by atoms with Gasteiger partial charge in [-0.3, -0.25) is 19.2 Å². The Hall–Kier alpha value is -3.56. The van der Waals surface area contributed by atoms with Crippen LogP contribution in [0.1, 0.15) is 38.3 Å². The van der Waals surface area contributed by atoms with Crippen LogP contribution in [0.25, 0.3) is 0 Å². The largest absolute Gasteiger partial charge is 0.480 e. The molecule has 5 atom stereocenters. The van der Waals surface area contributed by atoms with Crippen molar-refractivity contribution in [3.05, 3.63) is 18.2 Å². The van der Waals surface area contributed by atoms with Gasteiger partial charge in [0.25, 0.3) is 0 Å². The van der Waals surface area contributed by atoms with Gasteiger partial charge in [-0.1, -0.05) is 0 Å². The molecule has 0 aliphatic rings. The zero-order valence-corrected chi connectivity index (χ0v) is 19.4. The molecule has 0 radical (unpaired) electrons. The summed E-state index contributed by atoms with van der Waals surface area (Å²) in [5.41, 5.74) is 16.7. The molecule has 0 saturated carbocycles. The number of carbonyl (C=O) groups is 5. The summed E-state index contributed by atoms with van der Waals surface area (Å²) in [6, 6.07) is -5.40. The number of aliphatic hydroxyl groups excluding tert-OH is 1. The van der Waals surface area contributed by atoms with Gasteiger partial charge < -0.3 is 48.3 Å². The van der Waals surface area contributed by atoms with Crippen LogP contribution in [-0.2, 0) is 30.4 Å². The van der Waals surface area contributed by atoms with Crippen LogP contribution in [0.4, 0.5) is 0 Å². The van der Waals surface area contributed by atoms with Crippen LogP contribution in [0.5, 0.6) is 0 Å². The van der Waals surface area contributed by atoms with Crippen LogP contribution in [0.15, 0.2) is 12.5 Å². The number of carboxylic acid groups (broad SMARTS) is 1. The number of primary amides is 1. The van der Waals surface area contributed by atoms with E-state index in [9.17, 15) is 34.2 Å². The monoisotopic (exact) mass is 498 g/mol. The van der Waals surface area contributed by atoms with E-state index in [2.05, 4.69) is 25.9 Å². The molecule has 5 unspecified atom stereocenters. The molecule has 1 rings (SSSR count). The van der Waals surface area contributed by atoms with Crippen LogP contribution < -0.4 is 33.2 Å². The van der Waals surface area contributed by atoms with Crippen molar-refractivity contribution in [2.45, 2.75) is 69.3 Å². The first-order chi connectivity index (χ1) is 16.5. The molecule has 0 fully saturated rings. The Morgan fingerprint density at radius 1 is 1.03 bits per heavy atom. The highest BCUT2D eigenvalue weighted by Gasteiger charge is 2.32. The van der Waals surface area contributed by atoms with Crippen molar-refractivity contribution in [2.75, 3.05) is 6.54 Å². The molecular formula is C20H34N8O7. The number of hydrogen-bond donors (Lipinski definition) is 9. The molecule has 1 heterocycles. The van der Waals surface area contributed by atoms with Gasteiger partial charge in [0.2, 0.25) is 23.6 Å². The number of amides is 4. The Morgan fingerprint density at radius 2 is 1.63 bits per heavy atom. The van der Waals surface area contributed by atoms with Gasteiger partial charge in [-0.15, -0.1) is 0 Å². The number of aromatic nitrogens is 2. The molecule has 0 spiro atoms. The molecule has 0 bridgehead atoms. The fourth-order valence-corrected chi connectivity index (χ4v) is 3.02. The van der Waals surface area contributed by atoms with Gasteiger partial charge >= 0.3 is 5.97 Å². The molecule has 4 amide bonds. The van der Waals surface area contributed by atoms with E-state index < -0.39 is 66.3 Å². The van der Waals surface area contributed by atoms with Gasteiger partial charge in [0.15, 0.2) is 0 Å². The van der Waals surface area contributed by atoms with E-state index in [0.717, 1.165) is 0 Å². The predicted molar refractivity (Wildman–Crippen MR) is 122 cm³/mol. The molecule has 0 saturated heterocycles. The van der Waals surface area contributed by atoms with Gasteiger partial charge in [-0.05, 0) is 32.7 Å². The number of imidazole rings is 1. The fourth-order valence-electron chi connectivity index (χ4n) is 3.02. The first-order valence-corrected chi connectivity index (χ1v) is 11.0. The summed E-state index contributed by atoms with van der Waals surface area (Å²) in [5, 5.41) is 25.9. The maximum Gasteiger partial charge on any atom is 0.326 e. The molecule has 15 nitrogen and oxygen atoms in total. The summed E-state index contributed by atoms with van der Waals surface area (Å²) < 4.78 is 0. The van der Waals surface area contributed by atoms with Crippen LogP contribution in [-0.4, -0.2) is 86.6 Å². The predicted octanol–water partition coefficient (Wildman–Crippen LogP) is -3.80. The van der Waals surface area contributed by atoms with Crippen LogP contribution >= 0.6 is 0 Å². The van der Waals surface area contributed by atoms with E-state index in [1.807, 2.05) is 0 Å². The second-order valence-electron chi connectivity index (χ2n) is 8.02. The molecule has 12 N–H and O–H groups in total. The molecule has 1 aromatic rings. The summed E-state index contributed by atoms with van der Waals surface area (Å²) in [4.78, 5) is 67.7. The standard InChI is InChI=1S/C20H34N8O7/c1-10(29)16(23)19(33)28-13(6-11-8-24-9-25-11)17(31)27-14(7-15(22)30)18(32)26-12(20(34)35)4-2-3-5-21/h8-10,12-14,16,29H,2-7,21,23H2,1H3,(H2,22,30)(H,24,25)(H,26,32)(H,27,31)(H,28,33)(H,34,35). The van der Waals surface area contributed by atoms with Crippen molar-refractivity contribution in [3.8, 4) is 0 Å². The number of H-pyrrole nitrogens is 1. The minimum Gasteiger partial charge on any atom is -0.480 e. The minimum absolute atomic E-state index is 0.0885. The highest BCUT2D eigenvalue weighted by molar-refractivity contribution is 5.96. The van der Waals surface area contributed by atoms with Crippen molar-refractivity contribution in [2.24, 2.45) is 17.2 Å². The number of aliphatic carboxylic acids is 1. The number of carboxylic acids is 1. The summed E-state index contributed by atoms with van der Waals surface area (Å²) in [6.07, 6.45) is 1.92. The zero-order valence-electron chi connectivity index (χ0n) is 19.4. The number of nitrogens with two attached hydrogens (primary N) is 3. The molecule has 15 heteroatoms. The smallest absolute Gasteiger partial charge is 0.326 e. The Balaban J connectivity index is 3.03. The van der Waals surface area contributed by atoms with Crippen molar-refractivity contribution in [1.29, 1.82) is 0 Å². The lowest BCUT2D eigenvalue weighted by Crippen LogP contribution is -2.59. The first kappa shape index (κ1) is 29.5. The minimum atomic E-state index is -1.51. The van der Waals surface area contributed by atoms with Crippen LogP contribution in [0, 0.1) is 0 Å². The summed E-state index contributed by atoms with van der Waals surface area (Å²) in [5.74, 6) is -4.87. The van der Waals surface area contributed by atoms with E-state index in [-0.39, 0.29) is 12.8 Å². The van der Waals surface area contributed by atoms with Gasteiger partial charge in [-0.25, -0.2) is 9.78 Å². The summed E-state index contributed by atoms with van der Waals surface area (Å²) in [6.45, 7) is 1.65. The quantitative estimate of drug-likeness (QED) is 0.100. The van der Waals surface area contributed by atoms with Crippen molar-refractivity contribution in [3.63, 3.8) is 0 Å². The Bertz CT molecular complexity index is 862. The summed E-state index contributed by atoms with van der Waals surface area (Å²) in [7, 11) is 0. The molecular weight excluding hydrogens is 464 g/mol. The Kier molecular flexibility index (Phi) is 12.3. The van der Waals surface area contributed by atoms with Crippen molar-refractivity contribution < 1.29 is 34.2 Å². The van der Waals surface area contributed by atoms with E-state index >= 15 is 0 Å². The van der Waals surface area contributed by atoms with E-state index in [4.69, 9.17) is 17.2 Å². The molecule has 0 aromatic carbocycles. The number of carbonyl (C=O) groups excluding carboxylic acids is 4. The number of nitrogens with zero attached hydrogens (tertiary/aromatic N) is 1. The normalized spacial score (nSPS) is 15.2. The number of hydrogen-bond acceptors (Lipinski definition) is 9. The number of nitrogens with one attached hydrogen (secondary N) is 4. The lowest BCUT2D eigenvalue weighted by atomic mass is 10.1. The summed E-state index contributed by atoms with van der Waals surface area (Å²) >= 11 is 0. The third-order valence-corrected chi connectivity index (χ3v) is 5.03. The second kappa shape index (κ2) is 14.6. The fraction of sp³-hybridized carbons (Fsp3) is 0.600. The van der Waals surface area contributed by atoms with Gasteiger partial charge in [0, 0.05) is 18.3 Å². The highest BCUT2D eigenvalue weighted by atomic mass is 16.4. The van der Waals surface area contributed by atoms with E-state index in [1.165, 1.54) is 19.4 Å². The van der Waals surface area contributed by atoms with Crippen molar-refractivity contribution in [1.82, 2.24) is 25.9 Å². The van der Waals surface area contributed by atoms with Crippen LogP contribution in [0.3, 0.4) is 0 Å². The Morgan fingerprint density at radius 3 is 2.14 bits per heavy atom. The number of unbranched alkanes of at least 4 members (excludes halogenated alkanes) is 1.